The van der Waals surface area contributed by atoms with Crippen LogP contribution in [0.3, 0.4) is 0 Å². The lowest BCUT2D eigenvalue weighted by atomic mass is 10.1. The van der Waals surface area contributed by atoms with Gasteiger partial charge in [0, 0.05) is 11.9 Å². The van der Waals surface area contributed by atoms with E-state index in [1.165, 1.54) is 0 Å². The second-order valence-electron chi connectivity index (χ2n) is 4.39. The number of hydrogen-bond acceptors (Lipinski definition) is 2. The van der Waals surface area contributed by atoms with Gasteiger partial charge in [0.05, 0.1) is 12.1 Å². The molecule has 2 aromatic rings. The van der Waals surface area contributed by atoms with Crippen molar-refractivity contribution in [1.82, 2.24) is 10.3 Å². The molecule has 0 spiro atoms. The van der Waals surface area contributed by atoms with E-state index in [4.69, 9.17) is 0 Å². The molecule has 0 aliphatic carbocycles. The summed E-state index contributed by atoms with van der Waals surface area (Å²) in [5.74, 6) is -0.249. The summed E-state index contributed by atoms with van der Waals surface area (Å²) in [6, 6.07) is 13.0. The fourth-order valence-electron chi connectivity index (χ4n) is 1.86. The van der Waals surface area contributed by atoms with Gasteiger partial charge < -0.3 is 10.3 Å². The van der Waals surface area contributed by atoms with Crippen molar-refractivity contribution < 1.29 is 9.59 Å². The molecule has 0 saturated heterocycles. The van der Waals surface area contributed by atoms with Gasteiger partial charge in [-0.15, -0.1) is 0 Å². The number of allylic oxidation sites excluding steroid dienone is 2. The number of hydrogen-bond donors (Lipinski definition) is 2. The van der Waals surface area contributed by atoms with Crippen LogP contribution >= 0.6 is 0 Å². The van der Waals surface area contributed by atoms with Crippen molar-refractivity contribution in [1.29, 1.82) is 0 Å². The van der Waals surface area contributed by atoms with Gasteiger partial charge >= 0.3 is 0 Å². The molecule has 20 heavy (non-hydrogen) atoms. The Labute approximate surface area is 117 Å². The van der Waals surface area contributed by atoms with E-state index in [2.05, 4.69) is 10.3 Å². The smallest absolute Gasteiger partial charge is 0.251 e. The summed E-state index contributed by atoms with van der Waals surface area (Å²) in [5, 5.41) is 2.60. The molecule has 4 nitrogen and oxygen atoms in total. The number of aromatic nitrogens is 1. The zero-order valence-corrected chi connectivity index (χ0v) is 11.1. The van der Waals surface area contributed by atoms with Gasteiger partial charge in [-0.1, -0.05) is 30.3 Å². The fourth-order valence-corrected chi connectivity index (χ4v) is 1.86. The predicted molar refractivity (Wildman–Crippen MR) is 77.4 cm³/mol. The zero-order chi connectivity index (χ0) is 14.4. The Balaban J connectivity index is 2.12. The van der Waals surface area contributed by atoms with E-state index in [9.17, 15) is 9.59 Å². The van der Waals surface area contributed by atoms with Crippen molar-refractivity contribution in [2.45, 2.75) is 13.3 Å². The molecule has 1 aromatic heterocycles. The first kappa shape index (κ1) is 13.8. The number of carbonyl (C=O) groups is 1. The molecule has 4 heteroatoms. The lowest BCUT2D eigenvalue weighted by Gasteiger charge is -2.08. The summed E-state index contributed by atoms with van der Waals surface area (Å²) in [7, 11) is 0. The number of amides is 1. The molecule has 0 aliphatic rings. The van der Waals surface area contributed by atoms with E-state index in [1.54, 1.807) is 19.4 Å². The number of carbonyl (C=O) groups excluding carboxylic acids is 2. The van der Waals surface area contributed by atoms with E-state index in [1.807, 2.05) is 42.5 Å². The Hall–Kier alpha value is -2.62. The molecule has 1 aromatic carbocycles. The van der Waals surface area contributed by atoms with Crippen LogP contribution in [0.25, 0.3) is 5.57 Å². The fraction of sp³-hybridized carbons (Fsp3) is 0.125. The summed E-state index contributed by atoms with van der Waals surface area (Å²) in [4.78, 5) is 25.9. The quantitative estimate of drug-likeness (QED) is 0.816. The molecular weight excluding hydrogens is 252 g/mol. The molecule has 1 heterocycles. The van der Waals surface area contributed by atoms with Crippen molar-refractivity contribution in [3.8, 4) is 0 Å². The second-order valence-corrected chi connectivity index (χ2v) is 4.39. The van der Waals surface area contributed by atoms with Crippen LogP contribution in [0.2, 0.25) is 0 Å². The highest BCUT2D eigenvalue weighted by molar-refractivity contribution is 5.94. The highest BCUT2D eigenvalue weighted by atomic mass is 16.2. The van der Waals surface area contributed by atoms with Crippen molar-refractivity contribution in [2.75, 3.05) is 0 Å². The second kappa shape index (κ2) is 6.52. The molecule has 1 amide bonds. The van der Waals surface area contributed by atoms with Crippen molar-refractivity contribution >= 4 is 17.8 Å². The lowest BCUT2D eigenvalue weighted by molar-refractivity contribution is -0.119. The molecule has 0 atom stereocenters. The molecule has 0 bridgehead atoms. The van der Waals surface area contributed by atoms with Gasteiger partial charge in [0.25, 0.3) is 6.29 Å². The molecule has 2 rings (SSSR count). The minimum absolute atomic E-state index is 0.174. The van der Waals surface area contributed by atoms with E-state index in [0.29, 0.717) is 5.57 Å². The highest BCUT2D eigenvalue weighted by Gasteiger charge is 2.10. The third-order valence-corrected chi connectivity index (χ3v) is 2.96. The molecule has 2 N–H and O–H groups in total. The largest absolute Gasteiger partial charge is 0.365 e. The number of rotatable bonds is 5. The van der Waals surface area contributed by atoms with Gasteiger partial charge in [0.2, 0.25) is 5.91 Å². The number of nitrogens with one attached hydrogen (secondary N) is 2. The Bertz CT molecular complexity index is 613. The van der Waals surface area contributed by atoms with Crippen molar-refractivity contribution in [2.24, 2.45) is 0 Å². The predicted octanol–water partition coefficient (Wildman–Crippen LogP) is 2.21. The Morgan fingerprint density at radius 1 is 1.20 bits per heavy atom. The molecule has 1 radical (unpaired) electrons. The zero-order valence-electron chi connectivity index (χ0n) is 11.1. The number of aromatic amines is 1. The van der Waals surface area contributed by atoms with E-state index >= 15 is 0 Å². The average Bonchev–Trinajstić information content (AvgIpc) is 2.97. The van der Waals surface area contributed by atoms with E-state index < -0.39 is 0 Å². The molecule has 0 aliphatic heterocycles. The third-order valence-electron chi connectivity index (χ3n) is 2.96. The molecule has 0 unspecified atom stereocenters. The number of H-pyrrole nitrogens is 1. The Morgan fingerprint density at radius 3 is 2.55 bits per heavy atom. The van der Waals surface area contributed by atoms with Crippen LogP contribution in [0.4, 0.5) is 0 Å². The van der Waals surface area contributed by atoms with Gasteiger partial charge in [-0.05, 0) is 30.2 Å². The summed E-state index contributed by atoms with van der Waals surface area (Å²) >= 11 is 0. The maximum absolute atomic E-state index is 11.9. The van der Waals surface area contributed by atoms with Gasteiger partial charge in [-0.3, -0.25) is 9.59 Å². The summed E-state index contributed by atoms with van der Waals surface area (Å²) in [5.41, 5.74) is 2.55. The maximum Gasteiger partial charge on any atom is 0.251 e. The SMILES string of the molecule is CC(=C([C]=O)NC(=O)Cc1ccc[nH]1)c1ccccc1. The summed E-state index contributed by atoms with van der Waals surface area (Å²) in [6.45, 7) is 1.78. The normalized spacial score (nSPS) is 11.7. The average molecular weight is 267 g/mol. The van der Waals surface area contributed by atoms with Crippen LogP contribution < -0.4 is 5.32 Å². The monoisotopic (exact) mass is 267 g/mol. The number of benzene rings is 1. The van der Waals surface area contributed by atoms with Gasteiger partial charge in [0.15, 0.2) is 0 Å². The first-order valence-electron chi connectivity index (χ1n) is 6.27. The van der Waals surface area contributed by atoms with Crippen LogP contribution in [0, 0.1) is 0 Å². The van der Waals surface area contributed by atoms with Gasteiger partial charge in [-0.2, -0.15) is 0 Å². The van der Waals surface area contributed by atoms with E-state index in [0.717, 1.165) is 11.3 Å². The van der Waals surface area contributed by atoms with Gasteiger partial charge in [0.1, 0.15) is 0 Å². The summed E-state index contributed by atoms with van der Waals surface area (Å²) < 4.78 is 0. The first-order valence-corrected chi connectivity index (χ1v) is 6.27. The van der Waals surface area contributed by atoms with Crippen molar-refractivity contribution in [3.63, 3.8) is 0 Å². The molecular formula is C16H15N2O2. The van der Waals surface area contributed by atoms with E-state index in [-0.39, 0.29) is 18.0 Å². The lowest BCUT2D eigenvalue weighted by Crippen LogP contribution is -2.26. The Kier molecular flexibility index (Phi) is 4.50. The van der Waals surface area contributed by atoms with Gasteiger partial charge in [-0.25, -0.2) is 0 Å². The minimum atomic E-state index is -0.249. The first-order chi connectivity index (χ1) is 9.70. The molecule has 101 valence electrons. The minimum Gasteiger partial charge on any atom is -0.365 e. The standard InChI is InChI=1S/C16H15N2O2/c1-12(13-6-3-2-4-7-13)15(11-19)18-16(20)10-14-8-5-9-17-14/h2-9,17H,10H2,1H3,(H,18,20). The van der Waals surface area contributed by atoms with Crippen LogP contribution in [0.1, 0.15) is 18.2 Å². The Morgan fingerprint density at radius 2 is 1.95 bits per heavy atom. The van der Waals surface area contributed by atoms with Crippen molar-refractivity contribution in [3.05, 3.63) is 65.6 Å². The molecule has 0 fully saturated rings. The van der Waals surface area contributed by atoms with Crippen LogP contribution in [0.5, 0.6) is 0 Å². The third kappa shape index (κ3) is 3.45. The highest BCUT2D eigenvalue weighted by Crippen LogP contribution is 2.15. The van der Waals surface area contributed by atoms with Crippen LogP contribution in [0.15, 0.2) is 54.4 Å². The van der Waals surface area contributed by atoms with Crippen LogP contribution in [-0.2, 0) is 16.0 Å². The molecule has 0 saturated carbocycles. The summed E-state index contributed by atoms with van der Waals surface area (Å²) in [6.07, 6.45) is 3.74. The maximum atomic E-state index is 11.9. The topological polar surface area (TPSA) is 62.0 Å². The van der Waals surface area contributed by atoms with Crippen LogP contribution in [-0.4, -0.2) is 17.2 Å².